The van der Waals surface area contributed by atoms with Crippen molar-refractivity contribution in [3.8, 4) is 0 Å². The lowest BCUT2D eigenvalue weighted by Crippen LogP contribution is -2.56. The van der Waals surface area contributed by atoms with Crippen molar-refractivity contribution >= 4 is 5.91 Å². The second kappa shape index (κ2) is 6.21. The number of carbonyl (C=O) groups is 1. The summed E-state index contributed by atoms with van der Waals surface area (Å²) >= 11 is 0. The molecule has 4 heteroatoms. The number of rotatable bonds is 4. The van der Waals surface area contributed by atoms with Gasteiger partial charge in [-0.15, -0.1) is 0 Å². The molecular weight excluding hydrogens is 202 g/mol. The van der Waals surface area contributed by atoms with Gasteiger partial charge in [0.15, 0.2) is 0 Å². The molecule has 0 aromatic rings. The predicted molar refractivity (Wildman–Crippen MR) is 66.4 cm³/mol. The van der Waals surface area contributed by atoms with E-state index in [2.05, 4.69) is 24.1 Å². The van der Waals surface area contributed by atoms with Crippen molar-refractivity contribution in [3.05, 3.63) is 0 Å². The summed E-state index contributed by atoms with van der Waals surface area (Å²) in [5.41, 5.74) is 0. The molecule has 1 heterocycles. The number of likely N-dealkylation sites (N-methyl/N-ethyl adjacent to an activating group) is 1. The van der Waals surface area contributed by atoms with Crippen LogP contribution in [0.3, 0.4) is 0 Å². The Balaban J connectivity index is 2.43. The number of nitrogens with one attached hydrogen (secondary N) is 1. The quantitative estimate of drug-likeness (QED) is 0.761. The van der Waals surface area contributed by atoms with Crippen LogP contribution in [0.4, 0.5) is 0 Å². The van der Waals surface area contributed by atoms with Crippen molar-refractivity contribution in [3.63, 3.8) is 0 Å². The largest absolute Gasteiger partial charge is 0.342 e. The maximum absolute atomic E-state index is 12.0. The summed E-state index contributed by atoms with van der Waals surface area (Å²) in [5.74, 6) is 0.256. The third kappa shape index (κ3) is 3.76. The van der Waals surface area contributed by atoms with Crippen LogP contribution < -0.4 is 5.32 Å². The van der Waals surface area contributed by atoms with Gasteiger partial charge < -0.3 is 10.2 Å². The molecule has 2 atom stereocenters. The lowest BCUT2D eigenvalue weighted by molar-refractivity contribution is -0.132. The average Bonchev–Trinajstić information content (AvgIpc) is 2.17. The Morgan fingerprint density at radius 1 is 1.25 bits per heavy atom. The van der Waals surface area contributed by atoms with E-state index in [-0.39, 0.29) is 5.91 Å². The molecule has 1 fully saturated rings. The average molecular weight is 227 g/mol. The number of piperazine rings is 1. The van der Waals surface area contributed by atoms with Crippen LogP contribution in [-0.2, 0) is 4.79 Å². The molecule has 1 rings (SSSR count). The standard InChI is InChI=1S/C12H25N3O/c1-5-15(6-2)12(16)9-14-7-10(3)13-11(4)8-14/h10-11,13H,5-9H2,1-4H3. The van der Waals surface area contributed by atoms with Crippen molar-refractivity contribution in [2.75, 3.05) is 32.7 Å². The van der Waals surface area contributed by atoms with E-state index >= 15 is 0 Å². The summed E-state index contributed by atoms with van der Waals surface area (Å²) in [6.45, 7) is 12.5. The van der Waals surface area contributed by atoms with Gasteiger partial charge in [-0.3, -0.25) is 9.69 Å². The van der Waals surface area contributed by atoms with Crippen molar-refractivity contribution in [1.82, 2.24) is 15.1 Å². The minimum atomic E-state index is 0.256. The van der Waals surface area contributed by atoms with Crippen LogP contribution in [0.15, 0.2) is 0 Å². The van der Waals surface area contributed by atoms with Gasteiger partial charge in [-0.25, -0.2) is 0 Å². The second-order valence-corrected chi connectivity index (χ2v) is 4.73. The van der Waals surface area contributed by atoms with Crippen molar-refractivity contribution in [2.24, 2.45) is 0 Å². The van der Waals surface area contributed by atoms with Crippen molar-refractivity contribution in [2.45, 2.75) is 39.8 Å². The van der Waals surface area contributed by atoms with E-state index < -0.39 is 0 Å². The predicted octanol–water partition coefficient (Wildman–Crippen LogP) is 0.537. The molecule has 0 aromatic heterocycles. The molecule has 1 N–H and O–H groups in total. The molecule has 1 saturated heterocycles. The Morgan fingerprint density at radius 2 is 1.75 bits per heavy atom. The highest BCUT2D eigenvalue weighted by Crippen LogP contribution is 2.04. The Kier molecular flexibility index (Phi) is 5.22. The van der Waals surface area contributed by atoms with Crippen LogP contribution in [0, 0.1) is 0 Å². The van der Waals surface area contributed by atoms with Gasteiger partial charge in [0.05, 0.1) is 6.54 Å². The fourth-order valence-corrected chi connectivity index (χ4v) is 2.44. The highest BCUT2D eigenvalue weighted by molar-refractivity contribution is 5.78. The normalized spacial score (nSPS) is 26.8. The molecule has 0 bridgehead atoms. The molecular formula is C12H25N3O. The van der Waals surface area contributed by atoms with Gasteiger partial charge >= 0.3 is 0 Å². The van der Waals surface area contributed by atoms with Crippen LogP contribution in [0.1, 0.15) is 27.7 Å². The smallest absolute Gasteiger partial charge is 0.236 e. The van der Waals surface area contributed by atoms with E-state index in [1.165, 1.54) is 0 Å². The molecule has 0 saturated carbocycles. The van der Waals surface area contributed by atoms with Gasteiger partial charge in [0.1, 0.15) is 0 Å². The van der Waals surface area contributed by atoms with Gasteiger partial charge in [-0.2, -0.15) is 0 Å². The lowest BCUT2D eigenvalue weighted by Gasteiger charge is -2.36. The maximum Gasteiger partial charge on any atom is 0.236 e. The molecule has 0 aliphatic carbocycles. The first kappa shape index (κ1) is 13.5. The molecule has 4 nitrogen and oxygen atoms in total. The summed E-state index contributed by atoms with van der Waals surface area (Å²) < 4.78 is 0. The third-order valence-corrected chi connectivity index (χ3v) is 3.11. The van der Waals surface area contributed by atoms with Gasteiger partial charge in [-0.1, -0.05) is 0 Å². The highest BCUT2D eigenvalue weighted by Gasteiger charge is 2.23. The van der Waals surface area contributed by atoms with E-state index in [1.807, 2.05) is 18.7 Å². The zero-order valence-electron chi connectivity index (χ0n) is 11.0. The lowest BCUT2D eigenvalue weighted by atomic mass is 10.1. The molecule has 94 valence electrons. The minimum absolute atomic E-state index is 0.256. The third-order valence-electron chi connectivity index (χ3n) is 3.11. The Bertz CT molecular complexity index is 218. The summed E-state index contributed by atoms with van der Waals surface area (Å²) in [7, 11) is 0. The molecule has 1 aliphatic heterocycles. The number of carbonyl (C=O) groups excluding carboxylic acids is 1. The molecule has 2 unspecified atom stereocenters. The first-order chi connectivity index (χ1) is 7.56. The van der Waals surface area contributed by atoms with E-state index in [0.717, 1.165) is 26.2 Å². The van der Waals surface area contributed by atoms with Gasteiger partial charge in [0.25, 0.3) is 0 Å². The number of hydrogen-bond donors (Lipinski definition) is 1. The van der Waals surface area contributed by atoms with Crippen LogP contribution in [0.25, 0.3) is 0 Å². The van der Waals surface area contributed by atoms with Crippen molar-refractivity contribution < 1.29 is 4.79 Å². The molecule has 0 spiro atoms. The molecule has 0 aromatic carbocycles. The Hall–Kier alpha value is -0.610. The summed E-state index contributed by atoms with van der Waals surface area (Å²) in [4.78, 5) is 16.1. The van der Waals surface area contributed by atoms with Crippen LogP contribution in [0.5, 0.6) is 0 Å². The fraction of sp³-hybridized carbons (Fsp3) is 0.917. The van der Waals surface area contributed by atoms with E-state index in [4.69, 9.17) is 0 Å². The summed E-state index contributed by atoms with van der Waals surface area (Å²) in [5, 5.41) is 3.47. The Labute approximate surface area is 99.0 Å². The van der Waals surface area contributed by atoms with Gasteiger partial charge in [0, 0.05) is 38.3 Å². The molecule has 0 radical (unpaired) electrons. The monoisotopic (exact) mass is 227 g/mol. The van der Waals surface area contributed by atoms with E-state index in [0.29, 0.717) is 18.6 Å². The topological polar surface area (TPSA) is 35.6 Å². The van der Waals surface area contributed by atoms with E-state index in [1.54, 1.807) is 0 Å². The zero-order valence-corrected chi connectivity index (χ0v) is 11.0. The second-order valence-electron chi connectivity index (χ2n) is 4.73. The highest BCUT2D eigenvalue weighted by atomic mass is 16.2. The van der Waals surface area contributed by atoms with Crippen LogP contribution in [0.2, 0.25) is 0 Å². The molecule has 1 aliphatic rings. The van der Waals surface area contributed by atoms with Gasteiger partial charge in [-0.05, 0) is 27.7 Å². The number of nitrogens with zero attached hydrogens (tertiary/aromatic N) is 2. The van der Waals surface area contributed by atoms with Gasteiger partial charge in [0.2, 0.25) is 5.91 Å². The maximum atomic E-state index is 12.0. The van der Waals surface area contributed by atoms with Crippen LogP contribution in [-0.4, -0.2) is 60.5 Å². The summed E-state index contributed by atoms with van der Waals surface area (Å²) in [6.07, 6.45) is 0. The SMILES string of the molecule is CCN(CC)C(=O)CN1CC(C)NC(C)C1. The minimum Gasteiger partial charge on any atom is -0.342 e. The number of hydrogen-bond acceptors (Lipinski definition) is 3. The first-order valence-corrected chi connectivity index (χ1v) is 6.33. The molecule has 16 heavy (non-hydrogen) atoms. The fourth-order valence-electron chi connectivity index (χ4n) is 2.44. The van der Waals surface area contributed by atoms with Crippen LogP contribution >= 0.6 is 0 Å². The van der Waals surface area contributed by atoms with E-state index in [9.17, 15) is 4.79 Å². The number of amides is 1. The Morgan fingerprint density at radius 3 is 2.19 bits per heavy atom. The zero-order chi connectivity index (χ0) is 12.1. The first-order valence-electron chi connectivity index (χ1n) is 6.33. The summed E-state index contributed by atoms with van der Waals surface area (Å²) in [6, 6.07) is 0.960. The van der Waals surface area contributed by atoms with Crippen molar-refractivity contribution in [1.29, 1.82) is 0 Å². The molecule has 1 amide bonds.